The molecule has 1 aromatic carbocycles. The first kappa shape index (κ1) is 11.6. The fraction of sp³-hybridized carbons (Fsp3) is 0.333. The van der Waals surface area contributed by atoms with E-state index < -0.39 is 12.0 Å². The van der Waals surface area contributed by atoms with Gasteiger partial charge < -0.3 is 15.5 Å². The lowest BCUT2D eigenvalue weighted by Crippen LogP contribution is -2.23. The summed E-state index contributed by atoms with van der Waals surface area (Å²) in [4.78, 5) is 18.9. The SMILES string of the molecule is CCOC(=O)C(N)c1ccc2nc(C)[nH]c2c1. The number of aryl methyl sites for hydroxylation is 1. The van der Waals surface area contributed by atoms with E-state index in [0.717, 1.165) is 22.4 Å². The molecule has 1 aromatic heterocycles. The molecular formula is C12H15N3O2. The normalized spacial score (nSPS) is 12.6. The highest BCUT2D eigenvalue weighted by Gasteiger charge is 2.17. The van der Waals surface area contributed by atoms with Gasteiger partial charge in [-0.3, -0.25) is 0 Å². The van der Waals surface area contributed by atoms with Crippen LogP contribution in [0.1, 0.15) is 24.4 Å². The molecule has 0 aliphatic heterocycles. The Morgan fingerprint density at radius 1 is 1.59 bits per heavy atom. The molecule has 1 unspecified atom stereocenters. The second kappa shape index (κ2) is 4.55. The number of nitrogens with two attached hydrogens (primary N) is 1. The number of aromatic nitrogens is 2. The third-order valence-corrected chi connectivity index (χ3v) is 2.52. The average molecular weight is 233 g/mol. The molecule has 1 atom stereocenters. The van der Waals surface area contributed by atoms with Gasteiger partial charge in [0.1, 0.15) is 11.9 Å². The van der Waals surface area contributed by atoms with E-state index in [-0.39, 0.29) is 0 Å². The lowest BCUT2D eigenvalue weighted by molar-refractivity contribution is -0.144. The van der Waals surface area contributed by atoms with Crippen molar-refractivity contribution in [3.63, 3.8) is 0 Å². The van der Waals surface area contributed by atoms with Gasteiger partial charge in [0.05, 0.1) is 17.6 Å². The number of rotatable bonds is 3. The number of carbonyl (C=O) groups excluding carboxylic acids is 1. The highest BCUT2D eigenvalue weighted by atomic mass is 16.5. The molecule has 0 amide bonds. The minimum atomic E-state index is -0.747. The van der Waals surface area contributed by atoms with Crippen molar-refractivity contribution in [2.24, 2.45) is 5.73 Å². The highest BCUT2D eigenvalue weighted by molar-refractivity contribution is 5.81. The van der Waals surface area contributed by atoms with Crippen LogP contribution in [0.3, 0.4) is 0 Å². The van der Waals surface area contributed by atoms with Crippen molar-refractivity contribution in [3.05, 3.63) is 29.6 Å². The van der Waals surface area contributed by atoms with Gasteiger partial charge in [-0.05, 0) is 31.5 Å². The molecule has 90 valence electrons. The van der Waals surface area contributed by atoms with Crippen LogP contribution in [0.4, 0.5) is 0 Å². The maximum atomic E-state index is 11.5. The number of fused-ring (bicyclic) bond motifs is 1. The lowest BCUT2D eigenvalue weighted by atomic mass is 10.1. The number of nitrogens with one attached hydrogen (secondary N) is 1. The average Bonchev–Trinajstić information content (AvgIpc) is 2.67. The number of hydrogen-bond acceptors (Lipinski definition) is 4. The fourth-order valence-corrected chi connectivity index (χ4v) is 1.72. The summed E-state index contributed by atoms with van der Waals surface area (Å²) in [5.74, 6) is 0.421. The van der Waals surface area contributed by atoms with Gasteiger partial charge in [-0.1, -0.05) is 6.07 Å². The van der Waals surface area contributed by atoms with Crippen molar-refractivity contribution in [1.29, 1.82) is 0 Å². The van der Waals surface area contributed by atoms with E-state index in [0.29, 0.717) is 6.61 Å². The zero-order chi connectivity index (χ0) is 12.4. The molecule has 5 heteroatoms. The zero-order valence-corrected chi connectivity index (χ0v) is 9.86. The number of carbonyl (C=O) groups is 1. The number of esters is 1. The summed E-state index contributed by atoms with van der Waals surface area (Å²) >= 11 is 0. The summed E-state index contributed by atoms with van der Waals surface area (Å²) in [5, 5.41) is 0. The Bertz CT molecular complexity index is 548. The van der Waals surface area contributed by atoms with Crippen molar-refractivity contribution in [3.8, 4) is 0 Å². The molecule has 17 heavy (non-hydrogen) atoms. The first-order valence-corrected chi connectivity index (χ1v) is 5.50. The molecule has 0 radical (unpaired) electrons. The topological polar surface area (TPSA) is 81.0 Å². The number of ether oxygens (including phenoxy) is 1. The first-order chi connectivity index (χ1) is 8.11. The largest absolute Gasteiger partial charge is 0.465 e. The van der Waals surface area contributed by atoms with Gasteiger partial charge in [-0.2, -0.15) is 0 Å². The molecule has 3 N–H and O–H groups in total. The minimum absolute atomic E-state index is 0.331. The third-order valence-electron chi connectivity index (χ3n) is 2.52. The Kier molecular flexibility index (Phi) is 3.10. The fourth-order valence-electron chi connectivity index (χ4n) is 1.72. The Balaban J connectivity index is 2.32. The van der Waals surface area contributed by atoms with E-state index in [1.165, 1.54) is 0 Å². The summed E-state index contributed by atoms with van der Waals surface area (Å²) in [6.45, 7) is 3.97. The summed E-state index contributed by atoms with van der Waals surface area (Å²) in [6.07, 6.45) is 0. The van der Waals surface area contributed by atoms with Gasteiger partial charge in [0.15, 0.2) is 0 Å². The summed E-state index contributed by atoms with van der Waals surface area (Å²) < 4.78 is 4.89. The van der Waals surface area contributed by atoms with Gasteiger partial charge in [0.25, 0.3) is 0 Å². The Hall–Kier alpha value is -1.88. The number of imidazole rings is 1. The summed E-state index contributed by atoms with van der Waals surface area (Å²) in [7, 11) is 0. The van der Waals surface area contributed by atoms with Gasteiger partial charge in [0.2, 0.25) is 0 Å². The number of H-pyrrole nitrogens is 1. The number of benzene rings is 1. The van der Waals surface area contributed by atoms with Crippen molar-refractivity contribution in [2.45, 2.75) is 19.9 Å². The van der Waals surface area contributed by atoms with E-state index in [4.69, 9.17) is 10.5 Å². The third kappa shape index (κ3) is 2.29. The highest BCUT2D eigenvalue weighted by Crippen LogP contribution is 2.18. The predicted molar refractivity (Wildman–Crippen MR) is 64.4 cm³/mol. The minimum Gasteiger partial charge on any atom is -0.465 e. The molecule has 2 rings (SSSR count). The second-order valence-electron chi connectivity index (χ2n) is 3.83. The second-order valence-corrected chi connectivity index (χ2v) is 3.83. The Labute approximate surface area is 99.0 Å². The van der Waals surface area contributed by atoms with Crippen LogP contribution in [0, 0.1) is 6.92 Å². The van der Waals surface area contributed by atoms with E-state index in [1.54, 1.807) is 13.0 Å². The van der Waals surface area contributed by atoms with Crippen molar-refractivity contribution in [2.75, 3.05) is 6.61 Å². The van der Waals surface area contributed by atoms with Crippen LogP contribution in [0.25, 0.3) is 11.0 Å². The van der Waals surface area contributed by atoms with E-state index in [2.05, 4.69) is 9.97 Å². The molecule has 0 fully saturated rings. The maximum Gasteiger partial charge on any atom is 0.327 e. The smallest absolute Gasteiger partial charge is 0.327 e. The summed E-state index contributed by atoms with van der Waals surface area (Å²) in [6, 6.07) is 4.72. The molecule has 0 bridgehead atoms. The molecule has 2 aromatic rings. The Morgan fingerprint density at radius 2 is 2.35 bits per heavy atom. The van der Waals surface area contributed by atoms with Crippen LogP contribution in [0.2, 0.25) is 0 Å². The molecule has 0 aliphatic rings. The molecule has 1 heterocycles. The quantitative estimate of drug-likeness (QED) is 0.786. The van der Waals surface area contributed by atoms with E-state index >= 15 is 0 Å². The van der Waals surface area contributed by atoms with Gasteiger partial charge in [-0.15, -0.1) is 0 Å². The van der Waals surface area contributed by atoms with Gasteiger partial charge in [0, 0.05) is 0 Å². The predicted octanol–water partition coefficient (Wildman–Crippen LogP) is 1.43. The van der Waals surface area contributed by atoms with Crippen LogP contribution >= 0.6 is 0 Å². The van der Waals surface area contributed by atoms with Gasteiger partial charge >= 0.3 is 5.97 Å². The Morgan fingerprint density at radius 3 is 3.06 bits per heavy atom. The van der Waals surface area contributed by atoms with Crippen LogP contribution in [-0.2, 0) is 9.53 Å². The van der Waals surface area contributed by atoms with Crippen molar-refractivity contribution in [1.82, 2.24) is 9.97 Å². The monoisotopic (exact) mass is 233 g/mol. The molecule has 0 saturated heterocycles. The number of aromatic amines is 1. The molecule has 0 saturated carbocycles. The number of nitrogens with zero attached hydrogens (tertiary/aromatic N) is 1. The van der Waals surface area contributed by atoms with E-state index in [1.807, 2.05) is 19.1 Å². The molecular weight excluding hydrogens is 218 g/mol. The first-order valence-electron chi connectivity index (χ1n) is 5.50. The molecule has 0 spiro atoms. The van der Waals surface area contributed by atoms with Crippen molar-refractivity contribution >= 4 is 17.0 Å². The van der Waals surface area contributed by atoms with Crippen LogP contribution < -0.4 is 5.73 Å². The van der Waals surface area contributed by atoms with Gasteiger partial charge in [-0.25, -0.2) is 9.78 Å². The standard InChI is InChI=1S/C12H15N3O2/c1-3-17-12(16)11(13)8-4-5-9-10(6-8)15-7(2)14-9/h4-6,11H,3,13H2,1-2H3,(H,14,15). The molecule has 0 aliphatic carbocycles. The molecule has 5 nitrogen and oxygen atoms in total. The van der Waals surface area contributed by atoms with E-state index in [9.17, 15) is 4.79 Å². The van der Waals surface area contributed by atoms with Crippen LogP contribution in [0.15, 0.2) is 18.2 Å². The number of hydrogen-bond donors (Lipinski definition) is 2. The zero-order valence-electron chi connectivity index (χ0n) is 9.86. The van der Waals surface area contributed by atoms with Crippen molar-refractivity contribution < 1.29 is 9.53 Å². The maximum absolute atomic E-state index is 11.5. The van der Waals surface area contributed by atoms with Crippen LogP contribution in [0.5, 0.6) is 0 Å². The lowest BCUT2D eigenvalue weighted by Gasteiger charge is -2.10. The summed E-state index contributed by atoms with van der Waals surface area (Å²) in [5.41, 5.74) is 8.27. The van der Waals surface area contributed by atoms with Crippen LogP contribution in [-0.4, -0.2) is 22.5 Å².